The van der Waals surface area contributed by atoms with E-state index in [2.05, 4.69) is 10.5 Å². The van der Waals surface area contributed by atoms with Crippen molar-refractivity contribution in [3.8, 4) is 5.69 Å². The maximum absolute atomic E-state index is 10.8. The molecule has 5 heteroatoms. The van der Waals surface area contributed by atoms with Crippen LogP contribution in [0.15, 0.2) is 78.2 Å². The molecule has 5 nitrogen and oxygen atoms in total. The number of nitrogens with zero attached hydrogens (tertiary/aromatic N) is 2. The molecule has 0 amide bonds. The molecule has 2 N–H and O–H groups in total. The van der Waals surface area contributed by atoms with Crippen LogP contribution in [0.25, 0.3) is 5.69 Å². The molecule has 0 aliphatic heterocycles. The van der Waals surface area contributed by atoms with Crippen LogP contribution in [0, 0.1) is 0 Å². The predicted octanol–water partition coefficient (Wildman–Crippen LogP) is 3.62. The van der Waals surface area contributed by atoms with Gasteiger partial charge in [-0.1, -0.05) is 18.2 Å². The SMILES string of the molecule is O=C(O)c1ccc(N/N=C/c2ccn(-c3ccccc3)c2)cc1. The smallest absolute Gasteiger partial charge is 0.335 e. The lowest BCUT2D eigenvalue weighted by atomic mass is 10.2. The monoisotopic (exact) mass is 305 g/mol. The van der Waals surface area contributed by atoms with E-state index in [1.54, 1.807) is 18.3 Å². The summed E-state index contributed by atoms with van der Waals surface area (Å²) >= 11 is 0. The Morgan fingerprint density at radius 1 is 1.04 bits per heavy atom. The van der Waals surface area contributed by atoms with Gasteiger partial charge in [0, 0.05) is 23.6 Å². The lowest BCUT2D eigenvalue weighted by Gasteiger charge is -2.01. The third-order valence-corrected chi connectivity index (χ3v) is 3.31. The second kappa shape index (κ2) is 6.62. The number of hydrazone groups is 1. The molecule has 0 unspecified atom stereocenters. The first-order valence-corrected chi connectivity index (χ1v) is 7.08. The summed E-state index contributed by atoms with van der Waals surface area (Å²) in [6, 6.07) is 18.4. The van der Waals surface area contributed by atoms with Crippen molar-refractivity contribution < 1.29 is 9.90 Å². The summed E-state index contributed by atoms with van der Waals surface area (Å²) < 4.78 is 2.02. The van der Waals surface area contributed by atoms with Crippen molar-refractivity contribution in [2.75, 3.05) is 5.43 Å². The molecule has 0 fully saturated rings. The molecule has 114 valence electrons. The van der Waals surface area contributed by atoms with E-state index >= 15 is 0 Å². The van der Waals surface area contributed by atoms with E-state index in [0.717, 1.165) is 16.9 Å². The molecule has 0 aliphatic carbocycles. The number of hydrogen-bond donors (Lipinski definition) is 2. The molecule has 3 rings (SSSR count). The molecule has 0 bridgehead atoms. The molecule has 3 aromatic rings. The van der Waals surface area contributed by atoms with Crippen molar-refractivity contribution in [2.24, 2.45) is 5.10 Å². The summed E-state index contributed by atoms with van der Waals surface area (Å²) in [5.41, 5.74) is 5.90. The van der Waals surface area contributed by atoms with E-state index in [4.69, 9.17) is 5.11 Å². The molecule has 1 heterocycles. The van der Waals surface area contributed by atoms with Gasteiger partial charge in [0.25, 0.3) is 0 Å². The molecule has 0 saturated heterocycles. The highest BCUT2D eigenvalue weighted by Crippen LogP contribution is 2.11. The van der Waals surface area contributed by atoms with E-state index in [-0.39, 0.29) is 5.56 Å². The maximum Gasteiger partial charge on any atom is 0.335 e. The van der Waals surface area contributed by atoms with Gasteiger partial charge in [0.15, 0.2) is 0 Å². The number of nitrogens with one attached hydrogen (secondary N) is 1. The van der Waals surface area contributed by atoms with Gasteiger partial charge in [-0.3, -0.25) is 5.43 Å². The number of rotatable bonds is 5. The van der Waals surface area contributed by atoms with Crippen LogP contribution in [0.3, 0.4) is 0 Å². The fourth-order valence-electron chi connectivity index (χ4n) is 2.12. The van der Waals surface area contributed by atoms with Gasteiger partial charge in [0.2, 0.25) is 0 Å². The van der Waals surface area contributed by atoms with E-state index in [0.29, 0.717) is 0 Å². The maximum atomic E-state index is 10.8. The highest BCUT2D eigenvalue weighted by atomic mass is 16.4. The first-order valence-electron chi connectivity index (χ1n) is 7.08. The molecule has 0 spiro atoms. The fourth-order valence-corrected chi connectivity index (χ4v) is 2.12. The molecule has 0 radical (unpaired) electrons. The number of aromatic carboxylic acids is 1. The Kier molecular flexibility index (Phi) is 4.20. The molecule has 1 aromatic heterocycles. The van der Waals surface area contributed by atoms with Crippen molar-refractivity contribution in [1.82, 2.24) is 4.57 Å². The highest BCUT2D eigenvalue weighted by Gasteiger charge is 2.01. The second-order valence-corrected chi connectivity index (χ2v) is 4.94. The lowest BCUT2D eigenvalue weighted by molar-refractivity contribution is 0.0697. The van der Waals surface area contributed by atoms with Crippen molar-refractivity contribution in [3.05, 3.63) is 84.2 Å². The van der Waals surface area contributed by atoms with Crippen LogP contribution in [0.2, 0.25) is 0 Å². The van der Waals surface area contributed by atoms with Crippen LogP contribution in [0.1, 0.15) is 15.9 Å². The Morgan fingerprint density at radius 2 is 1.78 bits per heavy atom. The average Bonchev–Trinajstić information content (AvgIpc) is 3.05. The predicted molar refractivity (Wildman–Crippen MR) is 90.4 cm³/mol. The Labute approximate surface area is 133 Å². The minimum Gasteiger partial charge on any atom is -0.478 e. The lowest BCUT2D eigenvalue weighted by Crippen LogP contribution is -1.96. The molecular formula is C18H15N3O2. The molecule has 0 saturated carbocycles. The van der Waals surface area contributed by atoms with Crippen LogP contribution < -0.4 is 5.43 Å². The highest BCUT2D eigenvalue weighted by molar-refractivity contribution is 5.88. The largest absolute Gasteiger partial charge is 0.478 e. The summed E-state index contributed by atoms with van der Waals surface area (Å²) in [5.74, 6) is -0.942. The Bertz CT molecular complexity index is 821. The van der Waals surface area contributed by atoms with Crippen molar-refractivity contribution >= 4 is 17.9 Å². The minimum atomic E-state index is -0.942. The van der Waals surface area contributed by atoms with Crippen molar-refractivity contribution in [2.45, 2.75) is 0 Å². The number of para-hydroxylation sites is 1. The first kappa shape index (κ1) is 14.6. The summed E-state index contributed by atoms with van der Waals surface area (Å²) in [6.07, 6.45) is 5.66. The van der Waals surface area contributed by atoms with E-state index in [1.165, 1.54) is 12.1 Å². The molecule has 0 aliphatic rings. The third kappa shape index (κ3) is 3.65. The van der Waals surface area contributed by atoms with Crippen LogP contribution >= 0.6 is 0 Å². The number of anilines is 1. The zero-order chi connectivity index (χ0) is 16.1. The van der Waals surface area contributed by atoms with Gasteiger partial charge in [0.1, 0.15) is 0 Å². The van der Waals surface area contributed by atoms with Gasteiger partial charge in [-0.05, 0) is 42.5 Å². The van der Waals surface area contributed by atoms with Crippen LogP contribution in [0.4, 0.5) is 5.69 Å². The number of hydrogen-bond acceptors (Lipinski definition) is 3. The van der Waals surface area contributed by atoms with Gasteiger partial charge in [-0.25, -0.2) is 4.79 Å². The van der Waals surface area contributed by atoms with Crippen LogP contribution in [0.5, 0.6) is 0 Å². The average molecular weight is 305 g/mol. The molecule has 2 aromatic carbocycles. The Balaban J connectivity index is 1.64. The van der Waals surface area contributed by atoms with Gasteiger partial charge < -0.3 is 9.67 Å². The zero-order valence-electron chi connectivity index (χ0n) is 12.3. The van der Waals surface area contributed by atoms with Crippen molar-refractivity contribution in [1.29, 1.82) is 0 Å². The topological polar surface area (TPSA) is 66.6 Å². The zero-order valence-corrected chi connectivity index (χ0v) is 12.3. The Morgan fingerprint density at radius 3 is 2.48 bits per heavy atom. The van der Waals surface area contributed by atoms with Gasteiger partial charge in [-0.15, -0.1) is 0 Å². The standard InChI is InChI=1S/C18H15N3O2/c22-18(23)15-6-8-16(9-7-15)20-19-12-14-10-11-21(13-14)17-4-2-1-3-5-17/h1-13,20H,(H,22,23)/b19-12+. The minimum absolute atomic E-state index is 0.250. The fraction of sp³-hybridized carbons (Fsp3) is 0. The summed E-state index contributed by atoms with van der Waals surface area (Å²) in [6.45, 7) is 0. The van der Waals surface area contributed by atoms with E-state index in [9.17, 15) is 4.79 Å². The summed E-state index contributed by atoms with van der Waals surface area (Å²) in [5, 5.41) is 13.0. The number of benzene rings is 2. The third-order valence-electron chi connectivity index (χ3n) is 3.31. The second-order valence-electron chi connectivity index (χ2n) is 4.94. The molecular weight excluding hydrogens is 290 g/mol. The number of carboxylic acids is 1. The van der Waals surface area contributed by atoms with Gasteiger partial charge in [-0.2, -0.15) is 5.10 Å². The quantitative estimate of drug-likeness (QED) is 0.559. The molecule has 23 heavy (non-hydrogen) atoms. The van der Waals surface area contributed by atoms with Gasteiger partial charge in [0.05, 0.1) is 17.5 Å². The normalized spacial score (nSPS) is 10.8. The molecule has 0 atom stereocenters. The van der Waals surface area contributed by atoms with Crippen molar-refractivity contribution in [3.63, 3.8) is 0 Å². The number of carboxylic acid groups (broad SMARTS) is 1. The number of carbonyl (C=O) groups is 1. The van der Waals surface area contributed by atoms with E-state index < -0.39 is 5.97 Å². The number of aromatic nitrogens is 1. The van der Waals surface area contributed by atoms with E-state index in [1.807, 2.05) is 53.4 Å². The van der Waals surface area contributed by atoms with Crippen LogP contribution in [-0.2, 0) is 0 Å². The summed E-state index contributed by atoms with van der Waals surface area (Å²) in [7, 11) is 0. The first-order chi connectivity index (χ1) is 11.2. The van der Waals surface area contributed by atoms with Gasteiger partial charge >= 0.3 is 5.97 Å². The Hall–Kier alpha value is -3.34. The summed E-state index contributed by atoms with van der Waals surface area (Å²) in [4.78, 5) is 10.8. The van der Waals surface area contributed by atoms with Crippen LogP contribution in [-0.4, -0.2) is 21.9 Å².